The van der Waals surface area contributed by atoms with Gasteiger partial charge in [0, 0.05) is 30.1 Å². The van der Waals surface area contributed by atoms with Crippen molar-refractivity contribution in [3.63, 3.8) is 0 Å². The lowest BCUT2D eigenvalue weighted by Gasteiger charge is -2.32. The summed E-state index contributed by atoms with van der Waals surface area (Å²) in [4.78, 5) is 4.01. The molecule has 1 aliphatic rings. The van der Waals surface area contributed by atoms with Crippen LogP contribution in [0.2, 0.25) is 0 Å². The van der Waals surface area contributed by atoms with E-state index < -0.39 is 0 Å². The molecule has 5 heteroatoms. The topological polar surface area (TPSA) is 41.3 Å². The average Bonchev–Trinajstić information content (AvgIpc) is 3.12. The molecule has 0 amide bonds. The first-order valence-electron chi connectivity index (χ1n) is 7.73. The SMILES string of the molecule is CCCNCc1cc(CN2CCc3sccc3C2C)on1. The van der Waals surface area contributed by atoms with Crippen LogP contribution in [-0.4, -0.2) is 23.1 Å². The number of aromatic nitrogens is 1. The maximum atomic E-state index is 5.49. The molecule has 0 aromatic carbocycles. The number of thiophene rings is 1. The zero-order valence-electron chi connectivity index (χ0n) is 12.8. The van der Waals surface area contributed by atoms with Gasteiger partial charge in [0.05, 0.1) is 12.2 Å². The second kappa shape index (κ2) is 6.73. The molecule has 0 aliphatic carbocycles. The molecule has 4 nitrogen and oxygen atoms in total. The average molecular weight is 305 g/mol. The second-order valence-electron chi connectivity index (χ2n) is 5.66. The van der Waals surface area contributed by atoms with Gasteiger partial charge in [0.1, 0.15) is 0 Å². The summed E-state index contributed by atoms with van der Waals surface area (Å²) >= 11 is 1.88. The lowest BCUT2D eigenvalue weighted by Crippen LogP contribution is -2.32. The quantitative estimate of drug-likeness (QED) is 0.831. The number of fused-ring (bicyclic) bond motifs is 1. The summed E-state index contributed by atoms with van der Waals surface area (Å²) in [6.45, 7) is 8.20. The van der Waals surface area contributed by atoms with Crippen LogP contribution in [0.1, 0.15) is 48.2 Å². The third kappa shape index (κ3) is 3.36. The Bertz CT molecular complexity index is 578. The van der Waals surface area contributed by atoms with Crippen LogP contribution in [0.3, 0.4) is 0 Å². The Morgan fingerprint density at radius 2 is 2.43 bits per heavy atom. The highest BCUT2D eigenvalue weighted by molar-refractivity contribution is 7.10. The molecule has 0 bridgehead atoms. The summed E-state index contributed by atoms with van der Waals surface area (Å²) in [7, 11) is 0. The minimum absolute atomic E-state index is 0.465. The van der Waals surface area contributed by atoms with Crippen LogP contribution in [-0.2, 0) is 19.5 Å². The van der Waals surface area contributed by atoms with Crippen LogP contribution in [0.5, 0.6) is 0 Å². The summed E-state index contributed by atoms with van der Waals surface area (Å²) in [6.07, 6.45) is 2.29. The number of nitrogens with zero attached hydrogens (tertiary/aromatic N) is 2. The summed E-state index contributed by atoms with van der Waals surface area (Å²) < 4.78 is 5.49. The van der Waals surface area contributed by atoms with Gasteiger partial charge < -0.3 is 9.84 Å². The first kappa shape index (κ1) is 14.8. The standard InChI is InChI=1S/C16H23N3OS/c1-3-6-17-10-13-9-14(20-18-13)11-19-7-4-16-15(12(19)2)5-8-21-16/h5,8-9,12,17H,3-4,6-7,10-11H2,1-2H3. The molecule has 0 fully saturated rings. The second-order valence-corrected chi connectivity index (χ2v) is 6.66. The van der Waals surface area contributed by atoms with Crippen LogP contribution >= 0.6 is 11.3 Å². The van der Waals surface area contributed by atoms with Gasteiger partial charge in [-0.15, -0.1) is 11.3 Å². The molecule has 1 aliphatic heterocycles. The Kier molecular flexibility index (Phi) is 4.73. The van der Waals surface area contributed by atoms with Gasteiger partial charge in [-0.05, 0) is 43.3 Å². The first-order valence-corrected chi connectivity index (χ1v) is 8.61. The van der Waals surface area contributed by atoms with Crippen molar-refractivity contribution in [1.82, 2.24) is 15.4 Å². The molecule has 114 valence electrons. The van der Waals surface area contributed by atoms with E-state index in [1.165, 1.54) is 5.56 Å². The monoisotopic (exact) mass is 305 g/mol. The Hall–Kier alpha value is -1.17. The fraction of sp³-hybridized carbons (Fsp3) is 0.562. The van der Waals surface area contributed by atoms with E-state index in [1.54, 1.807) is 4.88 Å². The Labute approximate surface area is 130 Å². The van der Waals surface area contributed by atoms with Crippen molar-refractivity contribution in [2.75, 3.05) is 13.1 Å². The van der Waals surface area contributed by atoms with Gasteiger partial charge in [0.2, 0.25) is 0 Å². The molecule has 0 radical (unpaired) electrons. The van der Waals surface area contributed by atoms with Crippen molar-refractivity contribution in [1.29, 1.82) is 0 Å². The number of nitrogens with one attached hydrogen (secondary N) is 1. The van der Waals surface area contributed by atoms with E-state index in [-0.39, 0.29) is 0 Å². The van der Waals surface area contributed by atoms with Crippen LogP contribution < -0.4 is 5.32 Å². The number of hydrogen-bond donors (Lipinski definition) is 1. The van der Waals surface area contributed by atoms with Gasteiger partial charge in [0.25, 0.3) is 0 Å². The molecule has 21 heavy (non-hydrogen) atoms. The van der Waals surface area contributed by atoms with Gasteiger partial charge in [-0.1, -0.05) is 12.1 Å². The molecule has 1 atom stereocenters. The highest BCUT2D eigenvalue weighted by Gasteiger charge is 2.25. The zero-order chi connectivity index (χ0) is 14.7. The summed E-state index contributed by atoms with van der Waals surface area (Å²) in [5.41, 5.74) is 2.48. The molecule has 3 heterocycles. The summed E-state index contributed by atoms with van der Waals surface area (Å²) in [5.74, 6) is 0.967. The van der Waals surface area contributed by atoms with Gasteiger partial charge in [-0.25, -0.2) is 0 Å². The third-order valence-electron chi connectivity index (χ3n) is 4.10. The number of rotatable bonds is 6. The van der Waals surface area contributed by atoms with E-state index >= 15 is 0 Å². The zero-order valence-corrected chi connectivity index (χ0v) is 13.6. The lowest BCUT2D eigenvalue weighted by molar-refractivity contribution is 0.170. The van der Waals surface area contributed by atoms with Gasteiger partial charge in [-0.3, -0.25) is 4.90 Å². The van der Waals surface area contributed by atoms with E-state index in [2.05, 4.69) is 46.7 Å². The predicted octanol–water partition coefficient (Wildman–Crippen LogP) is 3.36. The van der Waals surface area contributed by atoms with E-state index in [0.717, 1.165) is 50.5 Å². The Balaban J connectivity index is 1.60. The highest BCUT2D eigenvalue weighted by atomic mass is 32.1. The van der Waals surface area contributed by atoms with Crippen molar-refractivity contribution in [2.45, 2.75) is 45.8 Å². The van der Waals surface area contributed by atoms with Crippen molar-refractivity contribution in [2.24, 2.45) is 0 Å². The van der Waals surface area contributed by atoms with Crippen LogP contribution in [0.15, 0.2) is 22.0 Å². The van der Waals surface area contributed by atoms with Crippen molar-refractivity contribution >= 4 is 11.3 Å². The summed E-state index contributed by atoms with van der Waals surface area (Å²) in [6, 6.07) is 4.81. The molecule has 2 aromatic heterocycles. The molecule has 0 saturated carbocycles. The van der Waals surface area contributed by atoms with E-state index in [0.29, 0.717) is 6.04 Å². The van der Waals surface area contributed by atoms with Crippen LogP contribution in [0.25, 0.3) is 0 Å². The molecule has 1 N–H and O–H groups in total. The smallest absolute Gasteiger partial charge is 0.151 e. The maximum Gasteiger partial charge on any atom is 0.151 e. The molecular weight excluding hydrogens is 282 g/mol. The van der Waals surface area contributed by atoms with Crippen molar-refractivity contribution in [3.8, 4) is 0 Å². The molecule has 2 aromatic rings. The minimum atomic E-state index is 0.465. The first-order chi connectivity index (χ1) is 10.3. The molecule has 0 spiro atoms. The highest BCUT2D eigenvalue weighted by Crippen LogP contribution is 2.33. The fourth-order valence-electron chi connectivity index (χ4n) is 2.88. The van der Waals surface area contributed by atoms with E-state index in [1.807, 2.05) is 11.3 Å². The van der Waals surface area contributed by atoms with E-state index in [4.69, 9.17) is 4.52 Å². The molecular formula is C16H23N3OS. The molecule has 3 rings (SSSR count). The normalized spacial score (nSPS) is 18.9. The predicted molar refractivity (Wildman–Crippen MR) is 85.3 cm³/mol. The Morgan fingerprint density at radius 3 is 3.29 bits per heavy atom. The largest absolute Gasteiger partial charge is 0.360 e. The van der Waals surface area contributed by atoms with Gasteiger partial charge in [0.15, 0.2) is 5.76 Å². The summed E-state index contributed by atoms with van der Waals surface area (Å²) in [5, 5.41) is 9.71. The van der Waals surface area contributed by atoms with Gasteiger partial charge >= 0.3 is 0 Å². The maximum absolute atomic E-state index is 5.49. The van der Waals surface area contributed by atoms with Crippen molar-refractivity contribution < 1.29 is 4.52 Å². The van der Waals surface area contributed by atoms with Gasteiger partial charge in [-0.2, -0.15) is 0 Å². The fourth-order valence-corrected chi connectivity index (χ4v) is 3.85. The van der Waals surface area contributed by atoms with E-state index in [9.17, 15) is 0 Å². The Morgan fingerprint density at radius 1 is 1.52 bits per heavy atom. The molecule has 0 saturated heterocycles. The third-order valence-corrected chi connectivity index (χ3v) is 5.10. The van der Waals surface area contributed by atoms with Crippen LogP contribution in [0.4, 0.5) is 0 Å². The van der Waals surface area contributed by atoms with Crippen LogP contribution in [0, 0.1) is 0 Å². The lowest BCUT2D eigenvalue weighted by atomic mass is 10.0. The number of hydrogen-bond acceptors (Lipinski definition) is 5. The minimum Gasteiger partial charge on any atom is -0.360 e. The van der Waals surface area contributed by atoms with Crippen molar-refractivity contribution in [3.05, 3.63) is 39.4 Å². The molecule has 1 unspecified atom stereocenters.